The molecule has 1 aromatic rings. The highest BCUT2D eigenvalue weighted by molar-refractivity contribution is 5.97. The molecule has 0 atom stereocenters. The lowest BCUT2D eigenvalue weighted by atomic mass is 10.2. The molecule has 1 heterocycles. The quantitative estimate of drug-likeness (QED) is 0.665. The Bertz CT molecular complexity index is 403. The summed E-state index contributed by atoms with van der Waals surface area (Å²) in [4.78, 5) is 4.24. The van der Waals surface area contributed by atoms with Gasteiger partial charge in [0, 0.05) is 12.6 Å². The minimum absolute atomic E-state index is 0.639. The summed E-state index contributed by atoms with van der Waals surface area (Å²) < 4.78 is 5.36. The number of rotatable bonds is 3. The highest BCUT2D eigenvalue weighted by Gasteiger charge is 2.07. The number of hydrogen-bond acceptors (Lipinski definition) is 5. The Labute approximate surface area is 94.7 Å². The van der Waals surface area contributed by atoms with E-state index in [0.717, 1.165) is 30.5 Å². The summed E-state index contributed by atoms with van der Waals surface area (Å²) in [5.74, 6) is 1.56. The number of nitrogens with one attached hydrogen (secondary N) is 2. The van der Waals surface area contributed by atoms with E-state index >= 15 is 0 Å². The Morgan fingerprint density at radius 3 is 3.06 bits per heavy atom. The SMILES string of the molecule is CCOc1ccc(NC2=NCCN2)c(N)c1. The predicted octanol–water partition coefficient (Wildman–Crippen LogP) is 1.04. The van der Waals surface area contributed by atoms with E-state index in [1.54, 1.807) is 6.07 Å². The minimum atomic E-state index is 0.639. The van der Waals surface area contributed by atoms with Crippen LogP contribution < -0.4 is 21.1 Å². The number of ether oxygens (including phenoxy) is 1. The van der Waals surface area contributed by atoms with Crippen LogP contribution in [0, 0.1) is 0 Å². The van der Waals surface area contributed by atoms with Crippen molar-refractivity contribution in [1.29, 1.82) is 0 Å². The Morgan fingerprint density at radius 2 is 2.44 bits per heavy atom. The molecular weight excluding hydrogens is 204 g/mol. The van der Waals surface area contributed by atoms with Crippen LogP contribution in [-0.4, -0.2) is 25.7 Å². The molecule has 0 amide bonds. The van der Waals surface area contributed by atoms with E-state index < -0.39 is 0 Å². The van der Waals surface area contributed by atoms with E-state index in [1.165, 1.54) is 0 Å². The Morgan fingerprint density at radius 1 is 1.56 bits per heavy atom. The van der Waals surface area contributed by atoms with Gasteiger partial charge in [-0.05, 0) is 19.1 Å². The van der Waals surface area contributed by atoms with Gasteiger partial charge in [0.25, 0.3) is 0 Å². The molecule has 0 saturated heterocycles. The second kappa shape index (κ2) is 4.74. The van der Waals surface area contributed by atoms with Crippen LogP contribution in [0.2, 0.25) is 0 Å². The molecule has 0 aromatic heterocycles. The molecule has 86 valence electrons. The summed E-state index contributed by atoms with van der Waals surface area (Å²) in [6.07, 6.45) is 0. The maximum Gasteiger partial charge on any atom is 0.195 e. The van der Waals surface area contributed by atoms with Crippen LogP contribution >= 0.6 is 0 Å². The van der Waals surface area contributed by atoms with Crippen molar-refractivity contribution in [2.24, 2.45) is 4.99 Å². The van der Waals surface area contributed by atoms with Gasteiger partial charge >= 0.3 is 0 Å². The van der Waals surface area contributed by atoms with Crippen molar-refractivity contribution in [2.75, 3.05) is 30.7 Å². The molecule has 1 aliphatic heterocycles. The van der Waals surface area contributed by atoms with E-state index in [9.17, 15) is 0 Å². The van der Waals surface area contributed by atoms with Crippen LogP contribution in [0.15, 0.2) is 23.2 Å². The number of nitrogen functional groups attached to an aromatic ring is 1. The van der Waals surface area contributed by atoms with Gasteiger partial charge in [-0.1, -0.05) is 0 Å². The summed E-state index contributed by atoms with van der Waals surface area (Å²) in [6, 6.07) is 5.59. The number of nitrogens with two attached hydrogens (primary N) is 1. The number of nitrogens with zero attached hydrogens (tertiary/aromatic N) is 1. The molecule has 0 aliphatic carbocycles. The molecule has 4 N–H and O–H groups in total. The van der Waals surface area contributed by atoms with Crippen molar-refractivity contribution in [3.05, 3.63) is 18.2 Å². The molecule has 2 rings (SSSR count). The van der Waals surface area contributed by atoms with Gasteiger partial charge in [0.2, 0.25) is 0 Å². The molecule has 1 aliphatic rings. The maximum atomic E-state index is 5.90. The fraction of sp³-hybridized carbons (Fsp3) is 0.364. The first-order valence-corrected chi connectivity index (χ1v) is 5.37. The zero-order chi connectivity index (χ0) is 11.4. The summed E-state index contributed by atoms with van der Waals surface area (Å²) in [6.45, 7) is 4.26. The summed E-state index contributed by atoms with van der Waals surface area (Å²) in [7, 11) is 0. The van der Waals surface area contributed by atoms with Crippen LogP contribution in [0.1, 0.15) is 6.92 Å². The second-order valence-electron chi connectivity index (χ2n) is 3.46. The van der Waals surface area contributed by atoms with Gasteiger partial charge in [-0.15, -0.1) is 0 Å². The number of guanidine groups is 1. The molecule has 5 nitrogen and oxygen atoms in total. The molecule has 1 aromatic carbocycles. The summed E-state index contributed by atoms with van der Waals surface area (Å²) >= 11 is 0. The third-order valence-electron chi connectivity index (χ3n) is 2.26. The van der Waals surface area contributed by atoms with Crippen LogP contribution in [0.4, 0.5) is 11.4 Å². The number of hydrogen-bond donors (Lipinski definition) is 3. The van der Waals surface area contributed by atoms with E-state index in [4.69, 9.17) is 10.5 Å². The monoisotopic (exact) mass is 220 g/mol. The topological polar surface area (TPSA) is 71.7 Å². The Hall–Kier alpha value is -1.91. The highest BCUT2D eigenvalue weighted by Crippen LogP contribution is 2.24. The highest BCUT2D eigenvalue weighted by atomic mass is 16.5. The van der Waals surface area contributed by atoms with Gasteiger partial charge in [0.15, 0.2) is 5.96 Å². The summed E-state index contributed by atoms with van der Waals surface area (Å²) in [5.41, 5.74) is 7.40. The lowest BCUT2D eigenvalue weighted by molar-refractivity contribution is 0.340. The second-order valence-corrected chi connectivity index (χ2v) is 3.46. The first-order chi connectivity index (χ1) is 7.79. The zero-order valence-electron chi connectivity index (χ0n) is 9.29. The lowest BCUT2D eigenvalue weighted by Crippen LogP contribution is -2.26. The van der Waals surface area contributed by atoms with Gasteiger partial charge in [-0.3, -0.25) is 4.99 Å². The first-order valence-electron chi connectivity index (χ1n) is 5.37. The maximum absolute atomic E-state index is 5.90. The van der Waals surface area contributed by atoms with Gasteiger partial charge in [-0.2, -0.15) is 0 Å². The molecule has 0 fully saturated rings. The smallest absolute Gasteiger partial charge is 0.195 e. The largest absolute Gasteiger partial charge is 0.494 e. The van der Waals surface area contributed by atoms with E-state index in [0.29, 0.717) is 12.3 Å². The van der Waals surface area contributed by atoms with E-state index in [1.807, 2.05) is 19.1 Å². The van der Waals surface area contributed by atoms with Crippen LogP contribution in [-0.2, 0) is 0 Å². The fourth-order valence-corrected chi connectivity index (χ4v) is 1.52. The molecule has 5 heteroatoms. The van der Waals surface area contributed by atoms with Crippen LogP contribution in [0.25, 0.3) is 0 Å². The van der Waals surface area contributed by atoms with Gasteiger partial charge < -0.3 is 21.1 Å². The Kier molecular flexibility index (Phi) is 3.14. The molecule has 16 heavy (non-hydrogen) atoms. The summed E-state index contributed by atoms with van der Waals surface area (Å²) in [5, 5.41) is 6.26. The van der Waals surface area contributed by atoms with Gasteiger partial charge in [-0.25, -0.2) is 0 Å². The number of anilines is 2. The van der Waals surface area contributed by atoms with Crippen molar-refractivity contribution >= 4 is 17.3 Å². The standard InChI is InChI=1S/C11H16N4O/c1-2-16-8-3-4-10(9(12)7-8)15-11-13-5-6-14-11/h3-4,7H,2,5-6,12H2,1H3,(H2,13,14,15). The molecule has 0 saturated carbocycles. The van der Waals surface area contributed by atoms with E-state index in [-0.39, 0.29) is 0 Å². The number of aliphatic imine (C=N–C) groups is 1. The number of benzene rings is 1. The average molecular weight is 220 g/mol. The van der Waals surface area contributed by atoms with Crippen LogP contribution in [0.3, 0.4) is 0 Å². The Balaban J connectivity index is 2.09. The lowest BCUT2D eigenvalue weighted by Gasteiger charge is -2.11. The third kappa shape index (κ3) is 2.36. The normalized spacial score (nSPS) is 14.2. The zero-order valence-corrected chi connectivity index (χ0v) is 9.29. The molecule has 0 radical (unpaired) electrons. The van der Waals surface area contributed by atoms with Crippen molar-refractivity contribution in [2.45, 2.75) is 6.92 Å². The van der Waals surface area contributed by atoms with Gasteiger partial charge in [0.1, 0.15) is 5.75 Å². The van der Waals surface area contributed by atoms with Crippen molar-refractivity contribution in [1.82, 2.24) is 5.32 Å². The van der Waals surface area contributed by atoms with E-state index in [2.05, 4.69) is 15.6 Å². The minimum Gasteiger partial charge on any atom is -0.494 e. The average Bonchev–Trinajstić information content (AvgIpc) is 2.75. The molecule has 0 spiro atoms. The van der Waals surface area contributed by atoms with Crippen molar-refractivity contribution in [3.8, 4) is 5.75 Å². The molecule has 0 bridgehead atoms. The predicted molar refractivity (Wildman–Crippen MR) is 66.0 cm³/mol. The molecule has 0 unspecified atom stereocenters. The van der Waals surface area contributed by atoms with Crippen LogP contribution in [0.5, 0.6) is 5.75 Å². The van der Waals surface area contributed by atoms with Crippen molar-refractivity contribution < 1.29 is 4.74 Å². The first kappa shape index (κ1) is 10.6. The van der Waals surface area contributed by atoms with Crippen molar-refractivity contribution in [3.63, 3.8) is 0 Å². The van der Waals surface area contributed by atoms with Gasteiger partial charge in [0.05, 0.1) is 24.5 Å². The molecular formula is C11H16N4O. The fourth-order valence-electron chi connectivity index (χ4n) is 1.52. The third-order valence-corrected chi connectivity index (χ3v) is 2.26.